The fraction of sp³-hybridized carbons (Fsp3) is 0.500. The third-order valence-corrected chi connectivity index (χ3v) is 5.58. The molecular formula is C20H22ClF3N2O3. The van der Waals surface area contributed by atoms with Gasteiger partial charge in [0.2, 0.25) is 0 Å². The number of ether oxygens (including phenoxy) is 1. The number of benzene rings is 1. The molecule has 0 aliphatic heterocycles. The second kappa shape index (κ2) is 7.99. The van der Waals surface area contributed by atoms with Crippen LogP contribution >= 0.6 is 11.6 Å². The molecule has 0 saturated heterocycles. The summed E-state index contributed by atoms with van der Waals surface area (Å²) in [6, 6.07) is 3.91. The van der Waals surface area contributed by atoms with Gasteiger partial charge in [-0.3, -0.25) is 9.78 Å². The molecule has 2 N–H and O–H groups in total. The smallest absolute Gasteiger partial charge is 0.404 e. The number of pyridine rings is 1. The molecule has 0 atom stereocenters. The minimum absolute atomic E-state index is 0.00273. The van der Waals surface area contributed by atoms with Crippen LogP contribution < -0.4 is 10.1 Å². The van der Waals surface area contributed by atoms with Crippen molar-refractivity contribution < 1.29 is 27.8 Å². The molecular weight excluding hydrogens is 409 g/mol. The molecule has 158 valence electrons. The summed E-state index contributed by atoms with van der Waals surface area (Å²) in [4.78, 5) is 16.6. The summed E-state index contributed by atoms with van der Waals surface area (Å²) < 4.78 is 41.2. The van der Waals surface area contributed by atoms with Gasteiger partial charge in [-0.15, -0.1) is 13.2 Å². The second-order valence-electron chi connectivity index (χ2n) is 7.92. The van der Waals surface area contributed by atoms with Crippen molar-refractivity contribution in [3.05, 3.63) is 35.0 Å². The maximum absolute atomic E-state index is 12.6. The molecule has 5 nitrogen and oxygen atoms in total. The maximum Gasteiger partial charge on any atom is 0.573 e. The van der Waals surface area contributed by atoms with E-state index in [0.29, 0.717) is 10.9 Å². The summed E-state index contributed by atoms with van der Waals surface area (Å²) in [5, 5.41) is 13.3. The number of hydrogen-bond donors (Lipinski definition) is 2. The Balaban J connectivity index is 1.70. The lowest BCUT2D eigenvalue weighted by atomic mass is 9.77. The predicted molar refractivity (Wildman–Crippen MR) is 103 cm³/mol. The highest BCUT2D eigenvalue weighted by Crippen LogP contribution is 2.34. The summed E-state index contributed by atoms with van der Waals surface area (Å²) in [5.41, 5.74) is -0.205. The number of hydrogen-bond acceptors (Lipinski definition) is 4. The van der Waals surface area contributed by atoms with Crippen molar-refractivity contribution in [3.8, 4) is 5.75 Å². The number of halogens is 4. The molecule has 1 fully saturated rings. The molecule has 0 radical (unpaired) electrons. The lowest BCUT2D eigenvalue weighted by molar-refractivity contribution is -0.274. The Labute approximate surface area is 171 Å². The Morgan fingerprint density at radius 1 is 1.21 bits per heavy atom. The Kier molecular flexibility index (Phi) is 5.96. The highest BCUT2D eigenvalue weighted by Gasteiger charge is 2.33. The zero-order valence-corrected chi connectivity index (χ0v) is 16.8. The van der Waals surface area contributed by atoms with Gasteiger partial charge in [0.1, 0.15) is 5.75 Å². The van der Waals surface area contributed by atoms with Gasteiger partial charge in [-0.2, -0.15) is 0 Å². The molecule has 29 heavy (non-hydrogen) atoms. The van der Waals surface area contributed by atoms with Crippen LogP contribution in [0, 0.1) is 5.92 Å². The van der Waals surface area contributed by atoms with Crippen LogP contribution in [0.1, 0.15) is 49.9 Å². The van der Waals surface area contributed by atoms with E-state index in [2.05, 4.69) is 15.0 Å². The van der Waals surface area contributed by atoms with E-state index in [1.807, 2.05) is 0 Å². The van der Waals surface area contributed by atoms with Gasteiger partial charge in [-0.25, -0.2) is 0 Å². The molecule has 1 aromatic heterocycles. The summed E-state index contributed by atoms with van der Waals surface area (Å²) in [6.45, 7) is 3.60. The largest absolute Gasteiger partial charge is 0.573 e. The average molecular weight is 431 g/mol. The van der Waals surface area contributed by atoms with E-state index < -0.39 is 17.7 Å². The number of rotatable bonds is 4. The predicted octanol–water partition coefficient (Wildman–Crippen LogP) is 4.85. The number of nitrogens with one attached hydrogen (secondary N) is 1. The zero-order chi connectivity index (χ0) is 21.4. The summed E-state index contributed by atoms with van der Waals surface area (Å²) >= 11 is 5.87. The molecule has 1 aromatic carbocycles. The molecule has 3 rings (SSSR count). The third-order valence-electron chi connectivity index (χ3n) is 5.28. The van der Waals surface area contributed by atoms with E-state index in [0.717, 1.165) is 31.7 Å². The van der Waals surface area contributed by atoms with E-state index in [1.54, 1.807) is 13.8 Å². The maximum atomic E-state index is 12.6. The van der Waals surface area contributed by atoms with Crippen molar-refractivity contribution in [3.63, 3.8) is 0 Å². The fourth-order valence-corrected chi connectivity index (χ4v) is 3.88. The van der Waals surface area contributed by atoms with Crippen LogP contribution in [0.5, 0.6) is 5.75 Å². The van der Waals surface area contributed by atoms with Crippen LogP contribution in [0.2, 0.25) is 5.02 Å². The van der Waals surface area contributed by atoms with Gasteiger partial charge in [0.05, 0.1) is 21.7 Å². The molecule has 1 aliphatic carbocycles. The number of amides is 1. The monoisotopic (exact) mass is 430 g/mol. The average Bonchev–Trinajstić information content (AvgIpc) is 2.60. The Morgan fingerprint density at radius 3 is 2.45 bits per heavy atom. The first-order valence-corrected chi connectivity index (χ1v) is 9.68. The number of aromatic nitrogens is 1. The van der Waals surface area contributed by atoms with Crippen molar-refractivity contribution in [1.29, 1.82) is 0 Å². The van der Waals surface area contributed by atoms with Gasteiger partial charge in [0.15, 0.2) is 0 Å². The van der Waals surface area contributed by atoms with Crippen molar-refractivity contribution >= 4 is 28.4 Å². The van der Waals surface area contributed by atoms with Crippen LogP contribution in [0.4, 0.5) is 13.2 Å². The molecule has 1 saturated carbocycles. The van der Waals surface area contributed by atoms with Gasteiger partial charge in [0, 0.05) is 23.7 Å². The molecule has 9 heteroatoms. The SMILES string of the molecule is CC(C)(O)[C@H]1CC[C@H](NC(=O)c2cnc3cc(OC(F)(F)F)c(Cl)cc3c2)CC1. The third kappa shape index (κ3) is 5.51. The van der Waals surface area contributed by atoms with Gasteiger partial charge in [-0.05, 0) is 57.6 Å². The molecule has 1 amide bonds. The minimum atomic E-state index is -4.86. The van der Waals surface area contributed by atoms with Gasteiger partial charge in [0.25, 0.3) is 5.91 Å². The van der Waals surface area contributed by atoms with Gasteiger partial charge in [-0.1, -0.05) is 11.6 Å². The van der Waals surface area contributed by atoms with E-state index in [1.165, 1.54) is 18.3 Å². The Hall–Kier alpha value is -2.06. The number of alkyl halides is 3. The van der Waals surface area contributed by atoms with Crippen LogP contribution in [0.15, 0.2) is 24.4 Å². The number of aliphatic hydroxyl groups is 1. The van der Waals surface area contributed by atoms with Crippen molar-refractivity contribution in [2.24, 2.45) is 5.92 Å². The van der Waals surface area contributed by atoms with Crippen molar-refractivity contribution in [2.75, 3.05) is 0 Å². The lowest BCUT2D eigenvalue weighted by Crippen LogP contribution is -2.41. The molecule has 0 spiro atoms. The molecule has 0 unspecified atom stereocenters. The lowest BCUT2D eigenvalue weighted by Gasteiger charge is -2.36. The molecule has 0 bridgehead atoms. The summed E-state index contributed by atoms with van der Waals surface area (Å²) in [6.07, 6.45) is -0.368. The summed E-state index contributed by atoms with van der Waals surface area (Å²) in [5.74, 6) is -0.647. The topological polar surface area (TPSA) is 71.5 Å². The first kappa shape index (κ1) is 21.6. The van der Waals surface area contributed by atoms with Crippen molar-refractivity contribution in [2.45, 2.75) is 57.5 Å². The number of nitrogens with zero attached hydrogens (tertiary/aromatic N) is 1. The van der Waals surface area contributed by atoms with Gasteiger partial charge >= 0.3 is 6.36 Å². The van der Waals surface area contributed by atoms with E-state index in [4.69, 9.17) is 11.6 Å². The normalized spacial score (nSPS) is 20.5. The molecule has 2 aromatic rings. The van der Waals surface area contributed by atoms with Crippen LogP contribution in [-0.4, -0.2) is 34.0 Å². The first-order chi connectivity index (χ1) is 13.4. The highest BCUT2D eigenvalue weighted by atomic mass is 35.5. The first-order valence-electron chi connectivity index (χ1n) is 9.30. The standard InChI is InChI=1S/C20H22ClF3N2O3/c1-19(2,28)13-3-5-14(6-4-13)26-18(27)12-7-11-8-15(21)17(29-20(22,23)24)9-16(11)25-10-12/h7-10,13-14,28H,3-6H2,1-2H3,(H,26,27)/t13-,14-. The molecule has 1 aliphatic rings. The van der Waals surface area contributed by atoms with E-state index in [-0.39, 0.29) is 28.4 Å². The zero-order valence-electron chi connectivity index (χ0n) is 16.0. The number of carbonyl (C=O) groups excluding carboxylic acids is 1. The molecule has 1 heterocycles. The number of carbonyl (C=O) groups is 1. The van der Waals surface area contributed by atoms with Crippen LogP contribution in [-0.2, 0) is 0 Å². The number of fused-ring (bicyclic) bond motifs is 1. The second-order valence-corrected chi connectivity index (χ2v) is 8.33. The quantitative estimate of drug-likeness (QED) is 0.727. The van der Waals surface area contributed by atoms with Crippen LogP contribution in [0.25, 0.3) is 10.9 Å². The Morgan fingerprint density at radius 2 is 1.86 bits per heavy atom. The van der Waals surface area contributed by atoms with Crippen molar-refractivity contribution in [1.82, 2.24) is 10.3 Å². The van der Waals surface area contributed by atoms with Crippen LogP contribution in [0.3, 0.4) is 0 Å². The van der Waals surface area contributed by atoms with E-state index in [9.17, 15) is 23.1 Å². The van der Waals surface area contributed by atoms with Gasteiger partial charge < -0.3 is 15.2 Å². The highest BCUT2D eigenvalue weighted by molar-refractivity contribution is 6.32. The van der Waals surface area contributed by atoms with E-state index >= 15 is 0 Å². The minimum Gasteiger partial charge on any atom is -0.404 e. The summed E-state index contributed by atoms with van der Waals surface area (Å²) in [7, 11) is 0. The Bertz CT molecular complexity index is 904. The fourth-order valence-electron chi connectivity index (χ4n) is 3.67.